The van der Waals surface area contributed by atoms with Gasteiger partial charge in [0.25, 0.3) is 0 Å². The number of rotatable bonds is 9. The molecular weight excluding hydrogens is 464 g/mol. The van der Waals surface area contributed by atoms with E-state index >= 15 is 0 Å². The van der Waals surface area contributed by atoms with E-state index in [0.717, 1.165) is 11.0 Å². The molecule has 8 nitrogen and oxygen atoms in total. The van der Waals surface area contributed by atoms with Crippen LogP contribution in [0.3, 0.4) is 0 Å². The second-order valence-electron chi connectivity index (χ2n) is 7.72. The lowest BCUT2D eigenvalue weighted by molar-refractivity contribution is -0.117. The minimum Gasteiger partial charge on any atom is -0.497 e. The molecule has 1 aromatic heterocycles. The Bertz CT molecular complexity index is 1380. The van der Waals surface area contributed by atoms with Crippen molar-refractivity contribution in [3.05, 3.63) is 78.4 Å². The Kier molecular flexibility index (Phi) is 7.47. The van der Waals surface area contributed by atoms with Gasteiger partial charge in [0.1, 0.15) is 12.3 Å². The molecule has 0 aliphatic rings. The van der Waals surface area contributed by atoms with Crippen molar-refractivity contribution in [2.45, 2.75) is 18.6 Å². The molecule has 2 N–H and O–H groups in total. The quantitative estimate of drug-likeness (QED) is 0.263. The van der Waals surface area contributed by atoms with Gasteiger partial charge in [0.05, 0.1) is 23.9 Å². The maximum atomic E-state index is 12.8. The van der Waals surface area contributed by atoms with Crippen LogP contribution < -0.4 is 15.4 Å². The first kappa shape index (κ1) is 24.0. The van der Waals surface area contributed by atoms with Crippen molar-refractivity contribution in [3.63, 3.8) is 0 Å². The van der Waals surface area contributed by atoms with Crippen LogP contribution in [0.1, 0.15) is 17.3 Å². The highest BCUT2D eigenvalue weighted by Crippen LogP contribution is 2.25. The summed E-state index contributed by atoms with van der Waals surface area (Å²) in [6.45, 7) is 1.49. The smallest absolute Gasteiger partial charge is 0.244 e. The number of para-hydroxylation sites is 2. The molecule has 2 amide bonds. The number of nitrogens with one attached hydrogen (secondary N) is 2. The molecule has 0 fully saturated rings. The number of nitrogens with zero attached hydrogens (tertiary/aromatic N) is 2. The molecule has 35 heavy (non-hydrogen) atoms. The number of carbonyl (C=O) groups excluding carboxylic acids is 3. The molecule has 178 valence electrons. The largest absolute Gasteiger partial charge is 0.497 e. The number of hydrogen-bond acceptors (Lipinski definition) is 6. The van der Waals surface area contributed by atoms with Crippen LogP contribution in [-0.4, -0.2) is 40.0 Å². The average molecular weight is 489 g/mol. The number of imidazole rings is 1. The summed E-state index contributed by atoms with van der Waals surface area (Å²) in [5.74, 6) is 0.297. The lowest BCUT2D eigenvalue weighted by Crippen LogP contribution is -2.20. The van der Waals surface area contributed by atoms with Crippen LogP contribution in [0.2, 0.25) is 0 Å². The number of fused-ring (bicyclic) bond motifs is 1. The van der Waals surface area contributed by atoms with E-state index in [1.54, 1.807) is 60.2 Å². The van der Waals surface area contributed by atoms with Gasteiger partial charge in [0, 0.05) is 16.9 Å². The number of methoxy groups -OCH3 is 1. The van der Waals surface area contributed by atoms with Gasteiger partial charge in [-0.1, -0.05) is 36.0 Å². The van der Waals surface area contributed by atoms with E-state index in [-0.39, 0.29) is 29.9 Å². The van der Waals surface area contributed by atoms with Gasteiger partial charge in [-0.25, -0.2) is 4.98 Å². The molecule has 3 aromatic carbocycles. The molecule has 0 spiro atoms. The molecule has 1 heterocycles. The molecular formula is C26H24N4O4S. The number of carbonyl (C=O) groups is 3. The van der Waals surface area contributed by atoms with Gasteiger partial charge in [-0.2, -0.15) is 0 Å². The predicted molar refractivity (Wildman–Crippen MR) is 137 cm³/mol. The van der Waals surface area contributed by atoms with Crippen molar-refractivity contribution in [3.8, 4) is 5.75 Å². The maximum Gasteiger partial charge on any atom is 0.244 e. The highest BCUT2D eigenvalue weighted by atomic mass is 32.2. The van der Waals surface area contributed by atoms with E-state index in [0.29, 0.717) is 27.8 Å². The number of amides is 2. The summed E-state index contributed by atoms with van der Waals surface area (Å²) in [6.07, 6.45) is 0. The normalized spacial score (nSPS) is 10.7. The summed E-state index contributed by atoms with van der Waals surface area (Å²) in [5.41, 5.74) is 3.25. The number of hydrogen-bond donors (Lipinski definition) is 2. The van der Waals surface area contributed by atoms with Crippen molar-refractivity contribution in [1.82, 2.24) is 9.55 Å². The predicted octanol–water partition coefficient (Wildman–Crippen LogP) is 4.62. The summed E-state index contributed by atoms with van der Waals surface area (Å²) in [5, 5.41) is 6.24. The number of Topliss-reactive ketones (excluding diaryl/α,β-unsaturated/α-hetero) is 1. The van der Waals surface area contributed by atoms with Crippen LogP contribution in [0, 0.1) is 0 Å². The number of ketones is 1. The molecule has 0 atom stereocenters. The third kappa shape index (κ3) is 6.07. The minimum absolute atomic E-state index is 0.00719. The standard InChI is InChI=1S/C26H24N4O4S/c1-17(31)18-6-5-7-20(14-18)28-24(32)15-30-23-9-4-3-8-22(23)29-26(30)35-16-25(33)27-19-10-12-21(34-2)13-11-19/h3-14H,15-16H2,1-2H3,(H,27,33)(H,28,32). The first-order valence-electron chi connectivity index (χ1n) is 10.9. The molecule has 9 heteroatoms. The second kappa shape index (κ2) is 10.9. The topological polar surface area (TPSA) is 102 Å². The lowest BCUT2D eigenvalue weighted by atomic mass is 10.1. The van der Waals surface area contributed by atoms with E-state index < -0.39 is 0 Å². The van der Waals surface area contributed by atoms with Crippen molar-refractivity contribution in [1.29, 1.82) is 0 Å². The second-order valence-corrected chi connectivity index (χ2v) is 8.66. The Morgan fingerprint density at radius 3 is 2.40 bits per heavy atom. The first-order valence-corrected chi connectivity index (χ1v) is 11.8. The van der Waals surface area contributed by atoms with Crippen molar-refractivity contribution in [2.75, 3.05) is 23.5 Å². The number of ether oxygens (including phenoxy) is 1. The van der Waals surface area contributed by atoms with Crippen LogP contribution in [0.5, 0.6) is 5.75 Å². The van der Waals surface area contributed by atoms with Crippen molar-refractivity contribution < 1.29 is 19.1 Å². The van der Waals surface area contributed by atoms with Crippen LogP contribution in [0.25, 0.3) is 11.0 Å². The Labute approximate surface area is 206 Å². The van der Waals surface area contributed by atoms with Gasteiger partial charge >= 0.3 is 0 Å². The molecule has 0 saturated carbocycles. The fraction of sp³-hybridized carbons (Fsp3) is 0.154. The monoisotopic (exact) mass is 488 g/mol. The highest BCUT2D eigenvalue weighted by molar-refractivity contribution is 7.99. The van der Waals surface area contributed by atoms with Gasteiger partial charge in [-0.15, -0.1) is 0 Å². The summed E-state index contributed by atoms with van der Waals surface area (Å²) >= 11 is 1.25. The average Bonchev–Trinajstić information content (AvgIpc) is 3.20. The molecule has 4 rings (SSSR count). The van der Waals surface area contributed by atoms with Crippen molar-refractivity contribution in [2.24, 2.45) is 0 Å². The summed E-state index contributed by atoms with van der Waals surface area (Å²) in [4.78, 5) is 41.6. The van der Waals surface area contributed by atoms with Gasteiger partial charge in [-0.3, -0.25) is 14.4 Å². The van der Waals surface area contributed by atoms with E-state index in [9.17, 15) is 14.4 Å². The van der Waals surface area contributed by atoms with Crippen LogP contribution >= 0.6 is 11.8 Å². The van der Waals surface area contributed by atoms with Gasteiger partial charge < -0.3 is 19.9 Å². The third-order valence-corrected chi connectivity index (χ3v) is 6.16. The highest BCUT2D eigenvalue weighted by Gasteiger charge is 2.16. The zero-order valence-electron chi connectivity index (χ0n) is 19.3. The fourth-order valence-electron chi connectivity index (χ4n) is 3.48. The summed E-state index contributed by atoms with van der Waals surface area (Å²) < 4.78 is 6.91. The van der Waals surface area contributed by atoms with Crippen LogP contribution in [0.15, 0.2) is 78.0 Å². The Balaban J connectivity index is 1.46. The molecule has 0 saturated heterocycles. The molecule has 0 unspecified atom stereocenters. The molecule has 4 aromatic rings. The van der Waals surface area contributed by atoms with Gasteiger partial charge in [0.2, 0.25) is 11.8 Å². The SMILES string of the molecule is COc1ccc(NC(=O)CSc2nc3ccccc3n2CC(=O)Nc2cccc(C(C)=O)c2)cc1. The number of thioether (sulfide) groups is 1. The molecule has 0 radical (unpaired) electrons. The zero-order chi connectivity index (χ0) is 24.8. The maximum absolute atomic E-state index is 12.8. The van der Waals surface area contributed by atoms with E-state index in [1.165, 1.54) is 18.7 Å². The van der Waals surface area contributed by atoms with E-state index in [4.69, 9.17) is 4.74 Å². The lowest BCUT2D eigenvalue weighted by Gasteiger charge is -2.11. The third-order valence-electron chi connectivity index (χ3n) is 5.18. The number of anilines is 2. The Morgan fingerprint density at radius 1 is 0.914 bits per heavy atom. The van der Waals surface area contributed by atoms with E-state index in [1.807, 2.05) is 24.3 Å². The zero-order valence-corrected chi connectivity index (χ0v) is 20.1. The fourth-order valence-corrected chi connectivity index (χ4v) is 4.29. The Hall–Kier alpha value is -4.11. The number of benzene rings is 3. The summed E-state index contributed by atoms with van der Waals surface area (Å²) in [7, 11) is 1.58. The minimum atomic E-state index is -0.265. The molecule has 0 aliphatic carbocycles. The van der Waals surface area contributed by atoms with Gasteiger partial charge in [0.15, 0.2) is 10.9 Å². The molecule has 0 bridgehead atoms. The summed E-state index contributed by atoms with van der Waals surface area (Å²) in [6, 6.07) is 21.4. The van der Waals surface area contributed by atoms with Crippen molar-refractivity contribution >= 4 is 51.8 Å². The molecule has 0 aliphatic heterocycles. The number of aromatic nitrogens is 2. The van der Waals surface area contributed by atoms with Crippen LogP contribution in [0.4, 0.5) is 11.4 Å². The van der Waals surface area contributed by atoms with Crippen LogP contribution in [-0.2, 0) is 16.1 Å². The van der Waals surface area contributed by atoms with Gasteiger partial charge in [-0.05, 0) is 55.5 Å². The first-order chi connectivity index (χ1) is 16.9. The Morgan fingerprint density at radius 2 is 1.66 bits per heavy atom. The van der Waals surface area contributed by atoms with E-state index in [2.05, 4.69) is 15.6 Å².